The van der Waals surface area contributed by atoms with Gasteiger partial charge in [-0.15, -0.1) is 0 Å². The highest BCUT2D eigenvalue weighted by Crippen LogP contribution is 2.30. The molecule has 0 aromatic heterocycles. The molecule has 2 N–H and O–H groups in total. The van der Waals surface area contributed by atoms with Gasteiger partial charge in [0.05, 0.1) is 24.1 Å². The third kappa shape index (κ3) is 7.37. The third-order valence-corrected chi connectivity index (χ3v) is 5.50. The van der Waals surface area contributed by atoms with Crippen molar-refractivity contribution in [1.29, 1.82) is 0 Å². The van der Waals surface area contributed by atoms with E-state index in [4.69, 9.17) is 16.3 Å². The molecule has 0 aliphatic rings. The SMILES string of the molecule is COC(=O)c1ccc(NC(=O)CCC(=O)OCC(=O)Nc2ccc(Br)c(Cl)c2C)cc1. The Morgan fingerprint density at radius 1 is 0.968 bits per heavy atom. The van der Waals surface area contributed by atoms with Crippen LogP contribution >= 0.6 is 27.5 Å². The lowest BCUT2D eigenvalue weighted by atomic mass is 10.2. The van der Waals surface area contributed by atoms with Crippen LogP contribution in [0, 0.1) is 6.92 Å². The Morgan fingerprint density at radius 3 is 2.29 bits per heavy atom. The maximum Gasteiger partial charge on any atom is 0.337 e. The number of carbonyl (C=O) groups is 4. The first-order valence-electron chi connectivity index (χ1n) is 9.09. The molecule has 8 nitrogen and oxygen atoms in total. The van der Waals surface area contributed by atoms with E-state index in [0.29, 0.717) is 32.0 Å². The first-order chi connectivity index (χ1) is 14.7. The summed E-state index contributed by atoms with van der Waals surface area (Å²) in [5, 5.41) is 5.69. The predicted octanol–water partition coefficient (Wildman–Crippen LogP) is 4.10. The summed E-state index contributed by atoms with van der Waals surface area (Å²) in [5.41, 5.74) is 2.00. The number of hydrogen-bond donors (Lipinski definition) is 2. The summed E-state index contributed by atoms with van der Waals surface area (Å²) in [6.45, 7) is 1.26. The molecule has 0 saturated heterocycles. The van der Waals surface area contributed by atoms with E-state index in [1.165, 1.54) is 19.2 Å². The van der Waals surface area contributed by atoms with Crippen molar-refractivity contribution in [3.63, 3.8) is 0 Å². The van der Waals surface area contributed by atoms with Crippen LogP contribution in [0.5, 0.6) is 0 Å². The number of hydrogen-bond acceptors (Lipinski definition) is 6. The molecule has 0 saturated carbocycles. The Bertz CT molecular complexity index is 994. The number of ether oxygens (including phenoxy) is 2. The van der Waals surface area contributed by atoms with Crippen LogP contribution in [0.15, 0.2) is 40.9 Å². The highest BCUT2D eigenvalue weighted by Gasteiger charge is 2.13. The quantitative estimate of drug-likeness (QED) is 0.516. The Kier molecular flexibility index (Phi) is 9.02. The number of amides is 2. The Morgan fingerprint density at radius 2 is 1.65 bits per heavy atom. The third-order valence-electron chi connectivity index (χ3n) is 4.12. The van der Waals surface area contributed by atoms with Crippen molar-refractivity contribution in [2.75, 3.05) is 24.4 Å². The van der Waals surface area contributed by atoms with Crippen LogP contribution in [0.3, 0.4) is 0 Å². The van der Waals surface area contributed by atoms with Gasteiger partial charge in [-0.1, -0.05) is 11.6 Å². The van der Waals surface area contributed by atoms with E-state index in [2.05, 4.69) is 31.3 Å². The van der Waals surface area contributed by atoms with Gasteiger partial charge in [0.2, 0.25) is 5.91 Å². The van der Waals surface area contributed by atoms with E-state index in [1.807, 2.05) is 0 Å². The zero-order valence-electron chi connectivity index (χ0n) is 16.8. The largest absolute Gasteiger partial charge is 0.465 e. The number of benzene rings is 2. The molecule has 31 heavy (non-hydrogen) atoms. The topological polar surface area (TPSA) is 111 Å². The van der Waals surface area contributed by atoms with Crippen LogP contribution in [0.1, 0.15) is 28.8 Å². The minimum Gasteiger partial charge on any atom is -0.465 e. The van der Waals surface area contributed by atoms with Crippen molar-refractivity contribution in [3.05, 3.63) is 57.0 Å². The molecule has 2 amide bonds. The van der Waals surface area contributed by atoms with Crippen molar-refractivity contribution < 1.29 is 28.7 Å². The number of esters is 2. The second-order valence-corrected chi connectivity index (χ2v) is 7.59. The average Bonchev–Trinajstić information content (AvgIpc) is 2.76. The molecule has 0 aliphatic carbocycles. The molecule has 2 aromatic rings. The van der Waals surface area contributed by atoms with Crippen molar-refractivity contribution in [3.8, 4) is 0 Å². The van der Waals surface area contributed by atoms with Crippen LogP contribution < -0.4 is 10.6 Å². The highest BCUT2D eigenvalue weighted by molar-refractivity contribution is 9.10. The Hall–Kier alpha value is -2.91. The molecule has 0 spiro atoms. The molecule has 0 aliphatic heterocycles. The fourth-order valence-corrected chi connectivity index (χ4v) is 3.03. The first kappa shape index (κ1) is 24.4. The zero-order chi connectivity index (χ0) is 23.0. The normalized spacial score (nSPS) is 10.2. The number of methoxy groups -OCH3 is 1. The molecule has 164 valence electrons. The van der Waals surface area contributed by atoms with Crippen molar-refractivity contribution >= 4 is 62.7 Å². The second-order valence-electron chi connectivity index (χ2n) is 6.36. The standard InChI is InChI=1S/C21H20BrClN2O6/c1-12-16(8-7-15(22)20(12)23)25-18(27)11-31-19(28)10-9-17(26)24-14-5-3-13(4-6-14)21(29)30-2/h3-8H,9-11H2,1-2H3,(H,24,26)(H,25,27). The number of anilines is 2. The number of nitrogens with one attached hydrogen (secondary N) is 2. The molecule has 0 atom stereocenters. The summed E-state index contributed by atoms with van der Waals surface area (Å²) in [7, 11) is 1.28. The van der Waals surface area contributed by atoms with Gasteiger partial charge < -0.3 is 20.1 Å². The van der Waals surface area contributed by atoms with E-state index in [9.17, 15) is 19.2 Å². The monoisotopic (exact) mass is 510 g/mol. The van der Waals surface area contributed by atoms with Gasteiger partial charge in [-0.25, -0.2) is 4.79 Å². The fourth-order valence-electron chi connectivity index (χ4n) is 2.44. The molecule has 0 radical (unpaired) electrons. The lowest BCUT2D eigenvalue weighted by Crippen LogP contribution is -2.22. The molecule has 0 fully saturated rings. The van der Waals surface area contributed by atoms with Gasteiger partial charge >= 0.3 is 11.9 Å². The fraction of sp³-hybridized carbons (Fsp3) is 0.238. The number of rotatable bonds is 8. The first-order valence-corrected chi connectivity index (χ1v) is 10.3. The predicted molar refractivity (Wildman–Crippen MR) is 119 cm³/mol. The van der Waals surface area contributed by atoms with Gasteiger partial charge in [0.25, 0.3) is 5.91 Å². The van der Waals surface area contributed by atoms with Crippen LogP contribution in [0.25, 0.3) is 0 Å². The lowest BCUT2D eigenvalue weighted by molar-refractivity contribution is -0.147. The van der Waals surface area contributed by atoms with Crippen LogP contribution in [0.4, 0.5) is 11.4 Å². The molecular weight excluding hydrogens is 492 g/mol. The van der Waals surface area contributed by atoms with Crippen LogP contribution in [0.2, 0.25) is 5.02 Å². The van der Waals surface area contributed by atoms with E-state index < -0.39 is 30.4 Å². The summed E-state index contributed by atoms with van der Waals surface area (Å²) in [4.78, 5) is 47.1. The van der Waals surface area contributed by atoms with Gasteiger partial charge in [0.1, 0.15) is 0 Å². The summed E-state index contributed by atoms with van der Waals surface area (Å²) in [5.74, 6) is -2.10. The Balaban J connectivity index is 1.74. The summed E-state index contributed by atoms with van der Waals surface area (Å²) in [6.07, 6.45) is -0.316. The molecular formula is C21H20BrClN2O6. The lowest BCUT2D eigenvalue weighted by Gasteiger charge is -2.11. The van der Waals surface area contributed by atoms with Gasteiger partial charge in [0.15, 0.2) is 6.61 Å². The number of halogens is 2. The van der Waals surface area contributed by atoms with Crippen LogP contribution in [-0.4, -0.2) is 37.5 Å². The molecule has 0 unspecified atom stereocenters. The zero-order valence-corrected chi connectivity index (χ0v) is 19.1. The van der Waals surface area contributed by atoms with Crippen molar-refractivity contribution in [2.24, 2.45) is 0 Å². The van der Waals surface area contributed by atoms with E-state index >= 15 is 0 Å². The maximum absolute atomic E-state index is 12.0. The van der Waals surface area contributed by atoms with Crippen molar-refractivity contribution in [1.82, 2.24) is 0 Å². The molecule has 10 heteroatoms. The van der Waals surface area contributed by atoms with E-state index in [1.54, 1.807) is 31.2 Å². The molecule has 0 heterocycles. The van der Waals surface area contributed by atoms with Crippen molar-refractivity contribution in [2.45, 2.75) is 19.8 Å². The molecule has 2 aromatic carbocycles. The van der Waals surface area contributed by atoms with Gasteiger partial charge in [0, 0.05) is 22.3 Å². The average molecular weight is 512 g/mol. The Labute approximate surface area is 192 Å². The highest BCUT2D eigenvalue weighted by atomic mass is 79.9. The van der Waals surface area contributed by atoms with Gasteiger partial charge in [-0.2, -0.15) is 0 Å². The molecule has 0 bridgehead atoms. The van der Waals surface area contributed by atoms with E-state index in [0.717, 1.165) is 0 Å². The maximum atomic E-state index is 12.0. The van der Waals surface area contributed by atoms with Crippen LogP contribution in [-0.2, 0) is 23.9 Å². The van der Waals surface area contributed by atoms with Gasteiger partial charge in [-0.3, -0.25) is 14.4 Å². The minimum absolute atomic E-state index is 0.124. The number of carbonyl (C=O) groups excluding carboxylic acids is 4. The molecule has 2 rings (SSSR count). The van der Waals surface area contributed by atoms with Gasteiger partial charge in [-0.05, 0) is 64.8 Å². The summed E-state index contributed by atoms with van der Waals surface area (Å²) >= 11 is 9.40. The second kappa shape index (κ2) is 11.5. The summed E-state index contributed by atoms with van der Waals surface area (Å²) < 4.78 is 10.2. The minimum atomic E-state index is -0.683. The smallest absolute Gasteiger partial charge is 0.337 e. The van der Waals surface area contributed by atoms with E-state index in [-0.39, 0.29) is 12.8 Å². The summed E-state index contributed by atoms with van der Waals surface area (Å²) in [6, 6.07) is 9.47.